The number of carbonyl (C=O) groups is 2. The number of halogens is 1. The van der Waals surface area contributed by atoms with Gasteiger partial charge in [0.15, 0.2) is 0 Å². The highest BCUT2D eigenvalue weighted by atomic mass is 35.5. The third-order valence-electron chi connectivity index (χ3n) is 2.60. The first-order valence-corrected chi connectivity index (χ1v) is 6.37. The molecule has 0 saturated carbocycles. The number of carboxylic acids is 1. The minimum absolute atomic E-state index is 0.162. The van der Waals surface area contributed by atoms with Crippen LogP contribution in [0.5, 0.6) is 0 Å². The van der Waals surface area contributed by atoms with Gasteiger partial charge in [-0.25, -0.2) is 4.79 Å². The van der Waals surface area contributed by atoms with Gasteiger partial charge < -0.3 is 15.2 Å². The molecule has 0 spiro atoms. The summed E-state index contributed by atoms with van der Waals surface area (Å²) in [6, 6.07) is 5.93. The van der Waals surface area contributed by atoms with Crippen molar-refractivity contribution < 1.29 is 19.4 Å². The Morgan fingerprint density at radius 3 is 2.75 bits per heavy atom. The predicted octanol–water partition coefficient (Wildman–Crippen LogP) is 1.98. The maximum atomic E-state index is 12.1. The summed E-state index contributed by atoms with van der Waals surface area (Å²) in [4.78, 5) is 24.1. The Hall–Kier alpha value is -1.79. The van der Waals surface area contributed by atoms with Crippen LogP contribution in [0.1, 0.15) is 6.92 Å². The second-order valence-corrected chi connectivity index (χ2v) is 4.63. The summed E-state index contributed by atoms with van der Waals surface area (Å²) in [7, 11) is 1.53. The predicted molar refractivity (Wildman–Crippen MR) is 76.3 cm³/mol. The minimum Gasteiger partial charge on any atom is -0.480 e. The zero-order chi connectivity index (χ0) is 15.1. The smallest absolute Gasteiger partial charge is 0.323 e. The standard InChI is InChI=1S/C13H17ClN2O4/c1-9(20-2)7-15-13(19)16(8-12(17)18)11-5-3-4-10(14)6-11/h3-6,9H,7-8H2,1-2H3,(H,15,19)(H,17,18). The molecule has 0 aliphatic heterocycles. The number of benzene rings is 1. The van der Waals surface area contributed by atoms with Gasteiger partial charge in [0, 0.05) is 24.4 Å². The number of ether oxygens (including phenoxy) is 1. The molecule has 20 heavy (non-hydrogen) atoms. The van der Waals surface area contributed by atoms with Gasteiger partial charge in [-0.15, -0.1) is 0 Å². The number of urea groups is 1. The van der Waals surface area contributed by atoms with Gasteiger partial charge >= 0.3 is 12.0 Å². The number of carbonyl (C=O) groups excluding carboxylic acids is 1. The van der Waals surface area contributed by atoms with Gasteiger partial charge in [0.25, 0.3) is 0 Å². The third kappa shape index (κ3) is 5.07. The second kappa shape index (κ2) is 7.72. The third-order valence-corrected chi connectivity index (χ3v) is 2.84. The second-order valence-electron chi connectivity index (χ2n) is 4.19. The zero-order valence-corrected chi connectivity index (χ0v) is 12.1. The van der Waals surface area contributed by atoms with Gasteiger partial charge in [-0.2, -0.15) is 0 Å². The van der Waals surface area contributed by atoms with Crippen molar-refractivity contribution in [2.45, 2.75) is 13.0 Å². The van der Waals surface area contributed by atoms with Crippen molar-refractivity contribution in [3.05, 3.63) is 29.3 Å². The van der Waals surface area contributed by atoms with Crippen LogP contribution in [-0.4, -0.2) is 43.4 Å². The van der Waals surface area contributed by atoms with Crippen molar-refractivity contribution in [2.24, 2.45) is 0 Å². The van der Waals surface area contributed by atoms with E-state index >= 15 is 0 Å². The molecule has 1 aromatic carbocycles. The zero-order valence-electron chi connectivity index (χ0n) is 11.3. The normalized spacial score (nSPS) is 11.8. The summed E-state index contributed by atoms with van der Waals surface area (Å²) >= 11 is 5.85. The topological polar surface area (TPSA) is 78.9 Å². The van der Waals surface area contributed by atoms with Gasteiger partial charge in [-0.1, -0.05) is 17.7 Å². The molecule has 0 radical (unpaired) electrons. The number of hydrogen-bond acceptors (Lipinski definition) is 3. The quantitative estimate of drug-likeness (QED) is 0.842. The molecule has 0 aromatic heterocycles. The summed E-state index contributed by atoms with van der Waals surface area (Å²) in [5.74, 6) is -1.11. The van der Waals surface area contributed by atoms with Crippen molar-refractivity contribution >= 4 is 29.3 Å². The summed E-state index contributed by atoms with van der Waals surface area (Å²) < 4.78 is 5.02. The largest absolute Gasteiger partial charge is 0.480 e. The lowest BCUT2D eigenvalue weighted by Crippen LogP contribution is -2.45. The molecule has 1 rings (SSSR count). The van der Waals surface area contributed by atoms with E-state index in [1.807, 2.05) is 0 Å². The average molecular weight is 301 g/mol. The first-order valence-electron chi connectivity index (χ1n) is 5.99. The number of rotatable bonds is 6. The van der Waals surface area contributed by atoms with E-state index in [1.54, 1.807) is 25.1 Å². The molecule has 1 atom stereocenters. The molecule has 2 N–H and O–H groups in total. The van der Waals surface area contributed by atoms with Crippen LogP contribution >= 0.6 is 11.6 Å². The van der Waals surface area contributed by atoms with Gasteiger partial charge in [0.05, 0.1) is 6.10 Å². The van der Waals surface area contributed by atoms with E-state index in [4.69, 9.17) is 21.4 Å². The van der Waals surface area contributed by atoms with Crippen LogP contribution in [0.2, 0.25) is 5.02 Å². The van der Waals surface area contributed by atoms with E-state index in [1.165, 1.54) is 13.2 Å². The Bertz CT molecular complexity index is 481. The molecule has 1 aromatic rings. The first-order chi connectivity index (χ1) is 9.43. The summed E-state index contributed by atoms with van der Waals surface area (Å²) in [5.41, 5.74) is 0.419. The minimum atomic E-state index is -1.11. The van der Waals surface area contributed by atoms with E-state index in [9.17, 15) is 9.59 Å². The Labute approximate surface area is 122 Å². The first kappa shape index (κ1) is 16.3. The van der Waals surface area contributed by atoms with Crippen LogP contribution in [0.4, 0.5) is 10.5 Å². The van der Waals surface area contributed by atoms with E-state index < -0.39 is 18.5 Å². The van der Waals surface area contributed by atoms with Crippen LogP contribution in [0, 0.1) is 0 Å². The number of aliphatic carboxylic acids is 1. The fourth-order valence-electron chi connectivity index (χ4n) is 1.47. The maximum Gasteiger partial charge on any atom is 0.323 e. The van der Waals surface area contributed by atoms with Crippen molar-refractivity contribution in [2.75, 3.05) is 25.1 Å². The Morgan fingerprint density at radius 2 is 2.20 bits per heavy atom. The molecular formula is C13H17ClN2O4. The lowest BCUT2D eigenvalue weighted by atomic mass is 10.3. The highest BCUT2D eigenvalue weighted by Gasteiger charge is 2.19. The number of anilines is 1. The highest BCUT2D eigenvalue weighted by molar-refractivity contribution is 6.30. The van der Waals surface area contributed by atoms with Crippen molar-refractivity contribution in [3.63, 3.8) is 0 Å². The number of nitrogens with zero attached hydrogens (tertiary/aromatic N) is 1. The molecule has 0 aliphatic rings. The van der Waals surface area contributed by atoms with E-state index in [2.05, 4.69) is 5.32 Å². The Balaban J connectivity index is 2.83. The summed E-state index contributed by atoms with van der Waals surface area (Å²) in [5, 5.41) is 11.9. The lowest BCUT2D eigenvalue weighted by Gasteiger charge is -2.22. The molecule has 6 nitrogen and oxygen atoms in total. The molecule has 0 aliphatic carbocycles. The molecule has 2 amide bonds. The van der Waals surface area contributed by atoms with Gasteiger partial charge in [0.1, 0.15) is 6.54 Å². The maximum absolute atomic E-state index is 12.1. The van der Waals surface area contributed by atoms with Gasteiger partial charge in [-0.05, 0) is 25.1 Å². The highest BCUT2D eigenvalue weighted by Crippen LogP contribution is 2.19. The fourth-order valence-corrected chi connectivity index (χ4v) is 1.65. The number of nitrogens with one attached hydrogen (secondary N) is 1. The summed E-state index contributed by atoms with van der Waals surface area (Å²) in [6.45, 7) is 1.63. The van der Waals surface area contributed by atoms with E-state index in [0.29, 0.717) is 10.7 Å². The van der Waals surface area contributed by atoms with Crippen LogP contribution in [0.25, 0.3) is 0 Å². The van der Waals surface area contributed by atoms with Crippen LogP contribution < -0.4 is 10.2 Å². The lowest BCUT2D eigenvalue weighted by molar-refractivity contribution is -0.135. The number of hydrogen-bond donors (Lipinski definition) is 2. The molecular weight excluding hydrogens is 284 g/mol. The summed E-state index contributed by atoms with van der Waals surface area (Å²) in [6.07, 6.45) is -0.162. The SMILES string of the molecule is COC(C)CNC(=O)N(CC(=O)O)c1cccc(Cl)c1. The van der Waals surface area contributed by atoms with Crippen molar-refractivity contribution in [1.82, 2.24) is 5.32 Å². The van der Waals surface area contributed by atoms with E-state index in [-0.39, 0.29) is 12.6 Å². The Morgan fingerprint density at radius 1 is 1.50 bits per heavy atom. The number of methoxy groups -OCH3 is 1. The number of carboxylic acid groups (broad SMARTS) is 1. The average Bonchev–Trinajstić information content (AvgIpc) is 2.41. The molecule has 0 fully saturated rings. The fraction of sp³-hybridized carbons (Fsp3) is 0.385. The van der Waals surface area contributed by atoms with Gasteiger partial charge in [0.2, 0.25) is 0 Å². The van der Waals surface area contributed by atoms with Crippen molar-refractivity contribution in [1.29, 1.82) is 0 Å². The van der Waals surface area contributed by atoms with Crippen LogP contribution in [0.3, 0.4) is 0 Å². The van der Waals surface area contributed by atoms with Gasteiger partial charge in [-0.3, -0.25) is 9.69 Å². The Kier molecular flexibility index (Phi) is 6.27. The van der Waals surface area contributed by atoms with Crippen LogP contribution in [0.15, 0.2) is 24.3 Å². The molecule has 0 saturated heterocycles. The molecule has 0 bridgehead atoms. The molecule has 0 heterocycles. The molecule has 1 unspecified atom stereocenters. The number of amides is 2. The van der Waals surface area contributed by atoms with E-state index in [0.717, 1.165) is 4.90 Å². The monoisotopic (exact) mass is 300 g/mol. The molecule has 7 heteroatoms. The van der Waals surface area contributed by atoms with Crippen LogP contribution in [-0.2, 0) is 9.53 Å². The molecule has 110 valence electrons. The van der Waals surface area contributed by atoms with Crippen molar-refractivity contribution in [3.8, 4) is 0 Å².